The lowest BCUT2D eigenvalue weighted by molar-refractivity contribution is 0.485. The van der Waals surface area contributed by atoms with Crippen molar-refractivity contribution in [3.8, 4) is 0 Å². The van der Waals surface area contributed by atoms with Crippen molar-refractivity contribution in [3.63, 3.8) is 0 Å². The highest BCUT2D eigenvalue weighted by molar-refractivity contribution is 7.19. The molecule has 1 heterocycles. The molecule has 0 spiro atoms. The smallest absolute Gasteiger partial charge is 0.0950 e. The largest absolute Gasteiger partial charge is 0.366 e. The lowest BCUT2D eigenvalue weighted by atomic mass is 10.1. The lowest BCUT2D eigenvalue weighted by Crippen LogP contribution is -2.30. The van der Waals surface area contributed by atoms with Gasteiger partial charge in [-0.1, -0.05) is 24.9 Å². The summed E-state index contributed by atoms with van der Waals surface area (Å²) in [6, 6.07) is 4.04. The average Bonchev–Trinajstić information content (AvgIpc) is 2.64. The predicted molar refractivity (Wildman–Crippen MR) is 70.3 cm³/mol. The summed E-state index contributed by atoms with van der Waals surface area (Å²) in [6.45, 7) is 4.38. The Bertz CT molecular complexity index is 288. The molecule has 0 fully saturated rings. The summed E-state index contributed by atoms with van der Waals surface area (Å²) in [6.07, 6.45) is 1.20. The minimum atomic E-state index is 0.695. The Morgan fingerprint density at radius 3 is 2.73 bits per heavy atom. The van der Waals surface area contributed by atoms with Crippen LogP contribution in [0.15, 0.2) is 12.1 Å². The van der Waals surface area contributed by atoms with Crippen LogP contribution in [0.25, 0.3) is 0 Å². The van der Waals surface area contributed by atoms with E-state index in [-0.39, 0.29) is 0 Å². The van der Waals surface area contributed by atoms with Crippen LogP contribution in [0.5, 0.6) is 0 Å². The Kier molecular flexibility index (Phi) is 5.43. The standard InChI is InChI=1S/C11H19ClN2S/c1-4-9(7-13-2)8-14(3)11-6-5-10(12)15-11/h5-6,9,13H,4,7-8H2,1-3H3. The SMILES string of the molecule is CCC(CNC)CN(C)c1ccc(Cl)s1. The van der Waals surface area contributed by atoms with Crippen molar-refractivity contribution < 1.29 is 0 Å². The van der Waals surface area contributed by atoms with E-state index in [4.69, 9.17) is 11.6 Å². The molecule has 0 aromatic carbocycles. The minimum absolute atomic E-state index is 0.695. The van der Waals surface area contributed by atoms with Gasteiger partial charge in [0.25, 0.3) is 0 Å². The number of hydrogen-bond acceptors (Lipinski definition) is 3. The number of rotatable bonds is 6. The molecule has 0 saturated carbocycles. The molecule has 86 valence electrons. The number of nitrogens with zero attached hydrogens (tertiary/aromatic N) is 1. The fourth-order valence-electron chi connectivity index (χ4n) is 1.61. The molecule has 0 bridgehead atoms. The lowest BCUT2D eigenvalue weighted by Gasteiger charge is -2.23. The van der Waals surface area contributed by atoms with Gasteiger partial charge in [-0.15, -0.1) is 11.3 Å². The molecule has 0 amide bonds. The minimum Gasteiger partial charge on any atom is -0.366 e. The Hall–Kier alpha value is -0.250. The van der Waals surface area contributed by atoms with E-state index < -0.39 is 0 Å². The second-order valence-electron chi connectivity index (χ2n) is 3.79. The van der Waals surface area contributed by atoms with Gasteiger partial charge in [0.05, 0.1) is 9.34 Å². The topological polar surface area (TPSA) is 15.3 Å². The van der Waals surface area contributed by atoms with Gasteiger partial charge in [-0.25, -0.2) is 0 Å². The van der Waals surface area contributed by atoms with E-state index >= 15 is 0 Å². The van der Waals surface area contributed by atoms with E-state index in [1.165, 1.54) is 11.4 Å². The van der Waals surface area contributed by atoms with Crippen LogP contribution in [0.1, 0.15) is 13.3 Å². The van der Waals surface area contributed by atoms with Gasteiger partial charge in [-0.05, 0) is 31.6 Å². The average molecular weight is 247 g/mol. The highest BCUT2D eigenvalue weighted by atomic mass is 35.5. The van der Waals surface area contributed by atoms with Crippen LogP contribution in [0.2, 0.25) is 4.34 Å². The van der Waals surface area contributed by atoms with Gasteiger partial charge in [0.2, 0.25) is 0 Å². The maximum absolute atomic E-state index is 5.92. The van der Waals surface area contributed by atoms with Crippen LogP contribution in [-0.4, -0.2) is 27.2 Å². The fraction of sp³-hybridized carbons (Fsp3) is 0.636. The van der Waals surface area contributed by atoms with Crippen molar-refractivity contribution in [2.75, 3.05) is 32.1 Å². The Morgan fingerprint density at radius 1 is 1.53 bits per heavy atom. The number of anilines is 1. The van der Waals surface area contributed by atoms with Crippen LogP contribution in [-0.2, 0) is 0 Å². The van der Waals surface area contributed by atoms with Crippen molar-refractivity contribution in [1.82, 2.24) is 5.32 Å². The summed E-state index contributed by atoms with van der Waals surface area (Å²) < 4.78 is 0.860. The van der Waals surface area contributed by atoms with Gasteiger partial charge in [-0.3, -0.25) is 0 Å². The maximum Gasteiger partial charge on any atom is 0.0950 e. The molecule has 0 radical (unpaired) electrons. The van der Waals surface area contributed by atoms with Gasteiger partial charge < -0.3 is 10.2 Å². The Morgan fingerprint density at radius 2 is 2.27 bits per heavy atom. The molecular weight excluding hydrogens is 228 g/mol. The molecule has 0 saturated heterocycles. The van der Waals surface area contributed by atoms with Crippen LogP contribution < -0.4 is 10.2 Å². The zero-order valence-electron chi connectivity index (χ0n) is 9.59. The second kappa shape index (κ2) is 6.36. The summed E-state index contributed by atoms with van der Waals surface area (Å²) in [5, 5.41) is 4.48. The molecule has 1 rings (SSSR count). The van der Waals surface area contributed by atoms with Crippen LogP contribution in [0, 0.1) is 5.92 Å². The van der Waals surface area contributed by atoms with E-state index in [1.807, 2.05) is 13.1 Å². The van der Waals surface area contributed by atoms with E-state index in [2.05, 4.69) is 30.3 Å². The molecule has 1 aromatic heterocycles. The molecule has 2 nitrogen and oxygen atoms in total. The third-order valence-electron chi connectivity index (χ3n) is 2.54. The first-order chi connectivity index (χ1) is 7.17. The van der Waals surface area contributed by atoms with E-state index in [0.717, 1.165) is 17.4 Å². The summed E-state index contributed by atoms with van der Waals surface area (Å²) >= 11 is 7.55. The summed E-state index contributed by atoms with van der Waals surface area (Å²) in [5.74, 6) is 0.695. The quantitative estimate of drug-likeness (QED) is 0.830. The van der Waals surface area contributed by atoms with Crippen molar-refractivity contribution in [2.45, 2.75) is 13.3 Å². The Labute approximate surface area is 101 Å². The second-order valence-corrected chi connectivity index (χ2v) is 5.48. The van der Waals surface area contributed by atoms with E-state index in [0.29, 0.717) is 5.92 Å². The number of nitrogens with one attached hydrogen (secondary N) is 1. The number of hydrogen-bond donors (Lipinski definition) is 1. The number of halogens is 1. The zero-order valence-corrected chi connectivity index (χ0v) is 11.2. The first kappa shape index (κ1) is 12.8. The maximum atomic E-state index is 5.92. The van der Waals surface area contributed by atoms with Gasteiger partial charge >= 0.3 is 0 Å². The normalized spacial score (nSPS) is 12.8. The predicted octanol–water partition coefficient (Wildman–Crippen LogP) is 3.08. The molecule has 1 atom stereocenters. The molecular formula is C11H19ClN2S. The first-order valence-corrected chi connectivity index (χ1v) is 6.47. The van der Waals surface area contributed by atoms with Crippen molar-refractivity contribution in [3.05, 3.63) is 16.5 Å². The van der Waals surface area contributed by atoms with Crippen molar-refractivity contribution in [2.24, 2.45) is 5.92 Å². The molecule has 0 aliphatic carbocycles. The summed E-state index contributed by atoms with van der Waals surface area (Å²) in [4.78, 5) is 2.28. The van der Waals surface area contributed by atoms with Gasteiger partial charge in [0.15, 0.2) is 0 Å². The third kappa shape index (κ3) is 4.01. The zero-order chi connectivity index (χ0) is 11.3. The Balaban J connectivity index is 2.50. The summed E-state index contributed by atoms with van der Waals surface area (Å²) in [5.41, 5.74) is 0. The van der Waals surface area contributed by atoms with E-state index in [9.17, 15) is 0 Å². The van der Waals surface area contributed by atoms with Crippen LogP contribution >= 0.6 is 22.9 Å². The molecule has 4 heteroatoms. The molecule has 15 heavy (non-hydrogen) atoms. The van der Waals surface area contributed by atoms with Gasteiger partial charge in [0, 0.05) is 13.6 Å². The fourth-order valence-corrected chi connectivity index (χ4v) is 2.62. The van der Waals surface area contributed by atoms with Crippen molar-refractivity contribution in [1.29, 1.82) is 0 Å². The highest BCUT2D eigenvalue weighted by Crippen LogP contribution is 2.29. The monoisotopic (exact) mass is 246 g/mol. The molecule has 1 N–H and O–H groups in total. The molecule has 1 unspecified atom stereocenters. The third-order valence-corrected chi connectivity index (χ3v) is 3.88. The molecule has 0 aliphatic rings. The highest BCUT2D eigenvalue weighted by Gasteiger charge is 2.10. The van der Waals surface area contributed by atoms with Gasteiger partial charge in [0.1, 0.15) is 0 Å². The van der Waals surface area contributed by atoms with Crippen LogP contribution in [0.4, 0.5) is 5.00 Å². The molecule has 1 aromatic rings. The summed E-state index contributed by atoms with van der Waals surface area (Å²) in [7, 11) is 4.13. The van der Waals surface area contributed by atoms with Crippen molar-refractivity contribution >= 4 is 27.9 Å². The van der Waals surface area contributed by atoms with E-state index in [1.54, 1.807) is 11.3 Å². The van der Waals surface area contributed by atoms with Crippen LogP contribution in [0.3, 0.4) is 0 Å². The first-order valence-electron chi connectivity index (χ1n) is 5.28. The van der Waals surface area contributed by atoms with Gasteiger partial charge in [-0.2, -0.15) is 0 Å². The molecule has 0 aliphatic heterocycles. The number of thiophene rings is 1.